The fourth-order valence-corrected chi connectivity index (χ4v) is 3.59. The zero-order valence-corrected chi connectivity index (χ0v) is 12.6. The van der Waals surface area contributed by atoms with Gasteiger partial charge < -0.3 is 4.90 Å². The van der Waals surface area contributed by atoms with E-state index in [0.717, 1.165) is 25.8 Å². The third kappa shape index (κ3) is 2.31. The molecule has 1 aliphatic carbocycles. The fourth-order valence-electron chi connectivity index (χ4n) is 3.59. The SMILES string of the molecule is CC1(C)CCCN(C(=O)C2CCCCC2)C1(C)C. The van der Waals surface area contributed by atoms with E-state index in [4.69, 9.17) is 0 Å². The van der Waals surface area contributed by atoms with E-state index < -0.39 is 0 Å². The van der Waals surface area contributed by atoms with E-state index in [1.165, 1.54) is 25.7 Å². The Morgan fingerprint density at radius 3 is 2.22 bits per heavy atom. The van der Waals surface area contributed by atoms with Gasteiger partial charge in [-0.3, -0.25) is 4.79 Å². The molecule has 2 heteroatoms. The Bertz CT molecular complexity index is 313. The molecule has 104 valence electrons. The molecule has 1 saturated carbocycles. The topological polar surface area (TPSA) is 20.3 Å². The van der Waals surface area contributed by atoms with Crippen LogP contribution in [-0.2, 0) is 4.79 Å². The van der Waals surface area contributed by atoms with E-state index in [-0.39, 0.29) is 11.0 Å². The van der Waals surface area contributed by atoms with E-state index in [1.807, 2.05) is 0 Å². The minimum atomic E-state index is -0.000218. The fraction of sp³-hybridized carbons (Fsp3) is 0.938. The first-order chi connectivity index (χ1) is 8.36. The average Bonchev–Trinajstić information content (AvgIpc) is 2.33. The molecule has 0 bridgehead atoms. The molecule has 18 heavy (non-hydrogen) atoms. The summed E-state index contributed by atoms with van der Waals surface area (Å²) < 4.78 is 0. The van der Waals surface area contributed by atoms with Gasteiger partial charge in [0.25, 0.3) is 0 Å². The Kier molecular flexibility index (Phi) is 3.75. The molecule has 0 atom stereocenters. The molecule has 1 amide bonds. The molecule has 1 saturated heterocycles. The van der Waals surface area contributed by atoms with Gasteiger partial charge in [-0.05, 0) is 44.9 Å². The summed E-state index contributed by atoms with van der Waals surface area (Å²) in [6.45, 7) is 10.1. The number of piperidine rings is 1. The van der Waals surface area contributed by atoms with Crippen LogP contribution in [0.3, 0.4) is 0 Å². The van der Waals surface area contributed by atoms with E-state index in [1.54, 1.807) is 0 Å². The van der Waals surface area contributed by atoms with Crippen LogP contribution in [0.25, 0.3) is 0 Å². The van der Waals surface area contributed by atoms with Gasteiger partial charge in [0.2, 0.25) is 5.91 Å². The summed E-state index contributed by atoms with van der Waals surface area (Å²) in [4.78, 5) is 15.0. The molecule has 2 aliphatic rings. The molecule has 0 spiro atoms. The number of carbonyl (C=O) groups excluding carboxylic acids is 1. The summed E-state index contributed by atoms with van der Waals surface area (Å²) in [5.41, 5.74) is 0.232. The van der Waals surface area contributed by atoms with Gasteiger partial charge in [-0.2, -0.15) is 0 Å². The lowest BCUT2D eigenvalue weighted by molar-refractivity contribution is -0.151. The first-order valence-corrected chi connectivity index (χ1v) is 7.68. The third-order valence-electron chi connectivity index (χ3n) is 5.73. The zero-order valence-electron chi connectivity index (χ0n) is 12.6. The van der Waals surface area contributed by atoms with Crippen molar-refractivity contribution in [3.8, 4) is 0 Å². The molecular formula is C16H29NO. The molecule has 2 rings (SSSR count). The highest BCUT2D eigenvalue weighted by atomic mass is 16.2. The van der Waals surface area contributed by atoms with E-state index in [9.17, 15) is 4.79 Å². The molecule has 2 nitrogen and oxygen atoms in total. The van der Waals surface area contributed by atoms with Crippen LogP contribution in [0.4, 0.5) is 0 Å². The lowest BCUT2D eigenvalue weighted by atomic mass is 9.67. The second-order valence-corrected chi connectivity index (χ2v) is 7.37. The minimum Gasteiger partial charge on any atom is -0.337 e. The Hall–Kier alpha value is -0.530. The Labute approximate surface area is 112 Å². The van der Waals surface area contributed by atoms with Gasteiger partial charge in [0, 0.05) is 18.0 Å². The van der Waals surface area contributed by atoms with E-state index >= 15 is 0 Å². The molecule has 1 aliphatic heterocycles. The number of carbonyl (C=O) groups is 1. The highest BCUT2D eigenvalue weighted by Crippen LogP contribution is 2.44. The van der Waals surface area contributed by atoms with Crippen molar-refractivity contribution in [2.75, 3.05) is 6.54 Å². The monoisotopic (exact) mass is 251 g/mol. The number of hydrogen-bond donors (Lipinski definition) is 0. The van der Waals surface area contributed by atoms with Crippen LogP contribution in [0.1, 0.15) is 72.6 Å². The number of rotatable bonds is 1. The maximum Gasteiger partial charge on any atom is 0.226 e. The summed E-state index contributed by atoms with van der Waals surface area (Å²) >= 11 is 0. The summed E-state index contributed by atoms with van der Waals surface area (Å²) in [5.74, 6) is 0.749. The van der Waals surface area contributed by atoms with Crippen LogP contribution in [-0.4, -0.2) is 22.9 Å². The average molecular weight is 251 g/mol. The van der Waals surface area contributed by atoms with Crippen molar-refractivity contribution in [1.29, 1.82) is 0 Å². The Morgan fingerprint density at radius 1 is 1.00 bits per heavy atom. The predicted octanol–water partition coefficient (Wildman–Crippen LogP) is 3.99. The van der Waals surface area contributed by atoms with Crippen LogP contribution < -0.4 is 0 Å². The smallest absolute Gasteiger partial charge is 0.226 e. The maximum absolute atomic E-state index is 12.8. The quantitative estimate of drug-likeness (QED) is 0.690. The second-order valence-electron chi connectivity index (χ2n) is 7.37. The first kappa shape index (κ1) is 13.9. The van der Waals surface area contributed by atoms with Gasteiger partial charge in [-0.25, -0.2) is 0 Å². The van der Waals surface area contributed by atoms with Crippen LogP contribution in [0, 0.1) is 11.3 Å². The molecule has 0 N–H and O–H groups in total. The summed E-state index contributed by atoms with van der Waals surface area (Å²) in [7, 11) is 0. The van der Waals surface area contributed by atoms with Crippen molar-refractivity contribution in [3.63, 3.8) is 0 Å². The molecule has 2 fully saturated rings. The van der Waals surface area contributed by atoms with Crippen molar-refractivity contribution in [1.82, 2.24) is 4.90 Å². The Morgan fingerprint density at radius 2 is 1.61 bits per heavy atom. The normalized spacial score (nSPS) is 28.1. The second kappa shape index (κ2) is 4.86. The van der Waals surface area contributed by atoms with Crippen LogP contribution in [0.5, 0.6) is 0 Å². The Balaban J connectivity index is 2.13. The van der Waals surface area contributed by atoms with Gasteiger partial charge in [-0.15, -0.1) is 0 Å². The van der Waals surface area contributed by atoms with Gasteiger partial charge in [-0.1, -0.05) is 33.1 Å². The number of hydrogen-bond acceptors (Lipinski definition) is 1. The van der Waals surface area contributed by atoms with Gasteiger partial charge >= 0.3 is 0 Å². The first-order valence-electron chi connectivity index (χ1n) is 7.68. The van der Waals surface area contributed by atoms with E-state index in [0.29, 0.717) is 11.8 Å². The molecular weight excluding hydrogens is 222 g/mol. The van der Waals surface area contributed by atoms with Crippen LogP contribution in [0.2, 0.25) is 0 Å². The molecule has 0 aromatic carbocycles. The molecule has 0 aromatic rings. The van der Waals surface area contributed by atoms with Crippen LogP contribution in [0.15, 0.2) is 0 Å². The van der Waals surface area contributed by atoms with Crippen molar-refractivity contribution in [2.45, 2.75) is 78.2 Å². The summed E-state index contributed by atoms with van der Waals surface area (Å²) in [5, 5.41) is 0. The van der Waals surface area contributed by atoms with Crippen molar-refractivity contribution in [3.05, 3.63) is 0 Å². The zero-order chi connectivity index (χ0) is 13.4. The van der Waals surface area contributed by atoms with E-state index in [2.05, 4.69) is 32.6 Å². The predicted molar refractivity (Wildman–Crippen MR) is 75.4 cm³/mol. The highest BCUT2D eigenvalue weighted by Gasteiger charge is 2.47. The largest absolute Gasteiger partial charge is 0.337 e. The van der Waals surface area contributed by atoms with Crippen LogP contribution >= 0.6 is 0 Å². The molecule has 1 heterocycles. The highest BCUT2D eigenvalue weighted by molar-refractivity contribution is 5.80. The summed E-state index contributed by atoms with van der Waals surface area (Å²) in [6, 6.07) is 0. The number of amides is 1. The summed E-state index contributed by atoms with van der Waals surface area (Å²) in [6.07, 6.45) is 8.43. The lowest BCUT2D eigenvalue weighted by Crippen LogP contribution is -2.60. The maximum atomic E-state index is 12.8. The minimum absolute atomic E-state index is 0.000218. The molecule has 0 radical (unpaired) electrons. The van der Waals surface area contributed by atoms with Crippen molar-refractivity contribution >= 4 is 5.91 Å². The number of likely N-dealkylation sites (tertiary alicyclic amines) is 1. The molecule has 0 aromatic heterocycles. The van der Waals surface area contributed by atoms with Crippen molar-refractivity contribution in [2.24, 2.45) is 11.3 Å². The van der Waals surface area contributed by atoms with Crippen molar-refractivity contribution < 1.29 is 4.79 Å². The third-order valence-corrected chi connectivity index (χ3v) is 5.73. The van der Waals surface area contributed by atoms with Gasteiger partial charge in [0.1, 0.15) is 0 Å². The number of nitrogens with zero attached hydrogens (tertiary/aromatic N) is 1. The van der Waals surface area contributed by atoms with Gasteiger partial charge in [0.15, 0.2) is 0 Å². The standard InChI is InChI=1S/C16H29NO/c1-15(2)11-8-12-17(16(15,3)4)14(18)13-9-6-5-7-10-13/h13H,5-12H2,1-4H3. The molecule has 0 unspecified atom stereocenters. The van der Waals surface area contributed by atoms with Gasteiger partial charge in [0.05, 0.1) is 0 Å². The lowest BCUT2D eigenvalue weighted by Gasteiger charge is -2.54.